The molecule has 2 heterocycles. The molecule has 3 heteroatoms. The van der Waals surface area contributed by atoms with Gasteiger partial charge in [0.15, 0.2) is 0 Å². The first-order valence-electron chi connectivity index (χ1n) is 5.56. The lowest BCUT2D eigenvalue weighted by molar-refractivity contribution is 0.218. The van der Waals surface area contributed by atoms with Crippen molar-refractivity contribution in [1.29, 1.82) is 0 Å². The fourth-order valence-electron chi connectivity index (χ4n) is 2.02. The molecule has 0 unspecified atom stereocenters. The van der Waals surface area contributed by atoms with Crippen molar-refractivity contribution in [3.05, 3.63) is 18.0 Å². The molecule has 1 fully saturated rings. The van der Waals surface area contributed by atoms with Gasteiger partial charge in [-0.1, -0.05) is 6.42 Å². The van der Waals surface area contributed by atoms with Gasteiger partial charge in [0, 0.05) is 12.7 Å². The molecule has 3 nitrogen and oxygen atoms in total. The predicted molar refractivity (Wildman–Crippen MR) is 57.3 cm³/mol. The number of rotatable bonds is 3. The Balaban J connectivity index is 1.76. The van der Waals surface area contributed by atoms with E-state index >= 15 is 0 Å². The van der Waals surface area contributed by atoms with Crippen molar-refractivity contribution in [1.82, 2.24) is 14.7 Å². The van der Waals surface area contributed by atoms with Crippen LogP contribution in [0.2, 0.25) is 0 Å². The highest BCUT2D eigenvalue weighted by Gasteiger charge is 2.09. The summed E-state index contributed by atoms with van der Waals surface area (Å²) in [4.78, 5) is 2.54. The lowest BCUT2D eigenvalue weighted by Crippen LogP contribution is -2.32. The molecule has 0 bridgehead atoms. The monoisotopic (exact) mass is 193 g/mol. The molecular weight excluding hydrogens is 174 g/mol. The van der Waals surface area contributed by atoms with E-state index in [1.54, 1.807) is 0 Å². The minimum atomic E-state index is 1.04. The Bertz CT molecular complexity index is 274. The Morgan fingerprint density at radius 2 is 2.00 bits per heavy atom. The second-order valence-corrected chi connectivity index (χ2v) is 4.18. The standard InChI is InChI=1S/C11H19N3/c1-11-9-12-14(10-11)8-7-13-5-3-2-4-6-13/h9-10H,2-8H2,1H3. The summed E-state index contributed by atoms with van der Waals surface area (Å²) in [5.74, 6) is 0. The zero-order chi connectivity index (χ0) is 9.80. The van der Waals surface area contributed by atoms with Gasteiger partial charge in [0.25, 0.3) is 0 Å². The van der Waals surface area contributed by atoms with Crippen LogP contribution >= 0.6 is 0 Å². The van der Waals surface area contributed by atoms with E-state index in [2.05, 4.69) is 23.1 Å². The molecular formula is C11H19N3. The normalized spacial score (nSPS) is 18.6. The number of piperidine rings is 1. The molecule has 1 saturated heterocycles. The minimum absolute atomic E-state index is 1.04. The summed E-state index contributed by atoms with van der Waals surface area (Å²) in [6.45, 7) is 6.83. The van der Waals surface area contributed by atoms with Crippen molar-refractivity contribution >= 4 is 0 Å². The van der Waals surface area contributed by atoms with Gasteiger partial charge in [-0.3, -0.25) is 4.68 Å². The summed E-state index contributed by atoms with van der Waals surface area (Å²) < 4.78 is 2.05. The van der Waals surface area contributed by atoms with Gasteiger partial charge in [-0.2, -0.15) is 5.10 Å². The topological polar surface area (TPSA) is 21.1 Å². The number of hydrogen-bond donors (Lipinski definition) is 0. The van der Waals surface area contributed by atoms with Crippen LogP contribution in [0.15, 0.2) is 12.4 Å². The summed E-state index contributed by atoms with van der Waals surface area (Å²) in [6, 6.07) is 0. The van der Waals surface area contributed by atoms with E-state index in [-0.39, 0.29) is 0 Å². The molecule has 0 amide bonds. The van der Waals surface area contributed by atoms with E-state index in [9.17, 15) is 0 Å². The van der Waals surface area contributed by atoms with Gasteiger partial charge in [-0.25, -0.2) is 0 Å². The van der Waals surface area contributed by atoms with Crippen LogP contribution in [0.1, 0.15) is 24.8 Å². The second-order valence-electron chi connectivity index (χ2n) is 4.18. The van der Waals surface area contributed by atoms with Crippen LogP contribution in [0.4, 0.5) is 0 Å². The number of aryl methyl sites for hydroxylation is 1. The number of aromatic nitrogens is 2. The van der Waals surface area contributed by atoms with Gasteiger partial charge < -0.3 is 4.90 Å². The van der Waals surface area contributed by atoms with Crippen molar-refractivity contribution in [3.8, 4) is 0 Å². The Kier molecular flexibility index (Phi) is 3.19. The fourth-order valence-corrected chi connectivity index (χ4v) is 2.02. The highest BCUT2D eigenvalue weighted by atomic mass is 15.3. The maximum Gasteiger partial charge on any atom is 0.0536 e. The summed E-state index contributed by atoms with van der Waals surface area (Å²) in [5, 5.41) is 4.29. The molecule has 0 saturated carbocycles. The molecule has 0 spiro atoms. The average Bonchev–Trinajstić information content (AvgIpc) is 2.63. The van der Waals surface area contributed by atoms with Crippen molar-refractivity contribution in [2.75, 3.05) is 19.6 Å². The molecule has 0 aliphatic carbocycles. The van der Waals surface area contributed by atoms with Crippen LogP contribution < -0.4 is 0 Å². The van der Waals surface area contributed by atoms with Gasteiger partial charge in [-0.15, -0.1) is 0 Å². The molecule has 0 radical (unpaired) electrons. The number of likely N-dealkylation sites (tertiary alicyclic amines) is 1. The van der Waals surface area contributed by atoms with Crippen LogP contribution in [0.5, 0.6) is 0 Å². The van der Waals surface area contributed by atoms with Crippen molar-refractivity contribution in [2.45, 2.75) is 32.7 Å². The number of hydrogen-bond acceptors (Lipinski definition) is 2. The lowest BCUT2D eigenvalue weighted by atomic mass is 10.1. The zero-order valence-corrected chi connectivity index (χ0v) is 8.95. The Hall–Kier alpha value is -0.830. The molecule has 0 aromatic carbocycles. The minimum Gasteiger partial charge on any atom is -0.301 e. The van der Waals surface area contributed by atoms with E-state index in [1.807, 2.05) is 10.9 Å². The van der Waals surface area contributed by atoms with E-state index in [0.29, 0.717) is 0 Å². The van der Waals surface area contributed by atoms with E-state index < -0.39 is 0 Å². The van der Waals surface area contributed by atoms with E-state index in [4.69, 9.17) is 0 Å². The van der Waals surface area contributed by atoms with Crippen LogP contribution in [0.3, 0.4) is 0 Å². The molecule has 1 aliphatic heterocycles. The third kappa shape index (κ3) is 2.58. The number of nitrogens with zero attached hydrogens (tertiary/aromatic N) is 3. The third-order valence-electron chi connectivity index (χ3n) is 2.86. The van der Waals surface area contributed by atoms with E-state index in [1.165, 1.54) is 37.9 Å². The van der Waals surface area contributed by atoms with Crippen molar-refractivity contribution in [2.24, 2.45) is 0 Å². The smallest absolute Gasteiger partial charge is 0.0536 e. The van der Waals surface area contributed by atoms with Crippen LogP contribution in [0, 0.1) is 6.92 Å². The van der Waals surface area contributed by atoms with Crippen LogP contribution in [-0.4, -0.2) is 34.3 Å². The van der Waals surface area contributed by atoms with E-state index in [0.717, 1.165) is 13.1 Å². The zero-order valence-electron chi connectivity index (χ0n) is 8.95. The largest absolute Gasteiger partial charge is 0.301 e. The average molecular weight is 193 g/mol. The first-order valence-corrected chi connectivity index (χ1v) is 5.56. The highest BCUT2D eigenvalue weighted by Crippen LogP contribution is 2.08. The summed E-state index contributed by atoms with van der Waals surface area (Å²) in [6.07, 6.45) is 8.20. The predicted octanol–water partition coefficient (Wildman–Crippen LogP) is 1.68. The summed E-state index contributed by atoms with van der Waals surface area (Å²) >= 11 is 0. The van der Waals surface area contributed by atoms with Gasteiger partial charge in [-0.05, 0) is 38.4 Å². The lowest BCUT2D eigenvalue weighted by Gasteiger charge is -2.26. The SMILES string of the molecule is Cc1cnn(CCN2CCCCC2)c1. The fraction of sp³-hybridized carbons (Fsp3) is 0.727. The van der Waals surface area contributed by atoms with Crippen LogP contribution in [-0.2, 0) is 6.54 Å². The van der Waals surface area contributed by atoms with Crippen molar-refractivity contribution < 1.29 is 0 Å². The van der Waals surface area contributed by atoms with Gasteiger partial charge in [0.05, 0.1) is 12.7 Å². The maximum absolute atomic E-state index is 4.29. The Labute approximate surface area is 85.7 Å². The van der Waals surface area contributed by atoms with Gasteiger partial charge >= 0.3 is 0 Å². The molecule has 2 rings (SSSR count). The molecule has 78 valence electrons. The van der Waals surface area contributed by atoms with Gasteiger partial charge in [0.1, 0.15) is 0 Å². The Morgan fingerprint density at radius 3 is 2.64 bits per heavy atom. The molecule has 1 aromatic heterocycles. The van der Waals surface area contributed by atoms with Gasteiger partial charge in [0.2, 0.25) is 0 Å². The highest BCUT2D eigenvalue weighted by molar-refractivity contribution is 4.99. The Morgan fingerprint density at radius 1 is 1.21 bits per heavy atom. The second kappa shape index (κ2) is 4.60. The molecule has 1 aliphatic rings. The molecule has 0 atom stereocenters. The quantitative estimate of drug-likeness (QED) is 0.728. The summed E-state index contributed by atoms with van der Waals surface area (Å²) in [5.41, 5.74) is 1.25. The first-order chi connectivity index (χ1) is 6.84. The summed E-state index contributed by atoms with van der Waals surface area (Å²) in [7, 11) is 0. The maximum atomic E-state index is 4.29. The molecule has 0 N–H and O–H groups in total. The van der Waals surface area contributed by atoms with Crippen LogP contribution in [0.25, 0.3) is 0 Å². The molecule has 14 heavy (non-hydrogen) atoms. The van der Waals surface area contributed by atoms with Crippen molar-refractivity contribution in [3.63, 3.8) is 0 Å². The third-order valence-corrected chi connectivity index (χ3v) is 2.86. The first kappa shape index (κ1) is 9.71. The molecule has 1 aromatic rings.